The summed E-state index contributed by atoms with van der Waals surface area (Å²) in [6.45, 7) is 5.18. The Morgan fingerprint density at radius 1 is 0.920 bits per heavy atom. The quantitative estimate of drug-likeness (QED) is 0.237. The molecule has 1 atom stereocenters. The normalized spacial score (nSPS) is 24.8. The van der Waals surface area contributed by atoms with Crippen LogP contribution in [0.3, 0.4) is 0 Å². The van der Waals surface area contributed by atoms with Gasteiger partial charge in [-0.25, -0.2) is 4.98 Å². The number of likely N-dealkylation sites (tertiary alicyclic amines) is 1. The zero-order chi connectivity index (χ0) is 34.4. The van der Waals surface area contributed by atoms with Gasteiger partial charge in [-0.3, -0.25) is 14.9 Å². The first-order valence-electron chi connectivity index (χ1n) is 17.9. The number of imidazole rings is 1. The molecule has 4 N–H and O–H groups in total. The van der Waals surface area contributed by atoms with Crippen molar-refractivity contribution in [3.05, 3.63) is 66.6 Å². The van der Waals surface area contributed by atoms with Gasteiger partial charge in [0, 0.05) is 48.9 Å². The minimum absolute atomic E-state index is 0.143. The SMILES string of the molecule is C[C@]1(N2CCOc3c2cccc3[C@H]2CC[C@H](N3CCC(n4cnc(-c5cc(-c6ccccc6O)nnc5N)c4)CC3)CC2)CCC(=O)NC1=O. The number of phenols is 1. The van der Waals surface area contributed by atoms with Crippen LogP contribution in [-0.2, 0) is 9.59 Å². The number of carbonyl (C=O) groups excluding carboxylic acids is 2. The number of hydrogen-bond acceptors (Lipinski definition) is 10. The van der Waals surface area contributed by atoms with Crippen molar-refractivity contribution < 1.29 is 19.4 Å². The number of piperidine rings is 2. The van der Waals surface area contributed by atoms with E-state index in [0.29, 0.717) is 66.6 Å². The number of nitrogen functional groups attached to an aromatic ring is 1. The van der Waals surface area contributed by atoms with Crippen molar-refractivity contribution in [2.24, 2.45) is 0 Å². The van der Waals surface area contributed by atoms with E-state index in [0.717, 1.165) is 68.7 Å². The molecule has 3 aliphatic heterocycles. The van der Waals surface area contributed by atoms with Crippen LogP contribution in [0.4, 0.5) is 11.5 Å². The predicted molar refractivity (Wildman–Crippen MR) is 190 cm³/mol. The largest absolute Gasteiger partial charge is 0.507 e. The number of para-hydroxylation sites is 2. The molecule has 50 heavy (non-hydrogen) atoms. The van der Waals surface area contributed by atoms with Crippen LogP contribution in [0.1, 0.15) is 75.8 Å². The molecule has 8 rings (SSSR count). The summed E-state index contributed by atoms with van der Waals surface area (Å²) in [4.78, 5) is 34.4. The van der Waals surface area contributed by atoms with Crippen molar-refractivity contribution >= 4 is 23.3 Å². The molecule has 5 heterocycles. The van der Waals surface area contributed by atoms with E-state index in [2.05, 4.69) is 54.3 Å². The zero-order valence-corrected chi connectivity index (χ0v) is 28.4. The van der Waals surface area contributed by atoms with Gasteiger partial charge in [-0.15, -0.1) is 10.2 Å². The molecule has 260 valence electrons. The van der Waals surface area contributed by atoms with Crippen molar-refractivity contribution in [3.63, 3.8) is 0 Å². The number of aromatic hydroxyl groups is 1. The summed E-state index contributed by atoms with van der Waals surface area (Å²) in [7, 11) is 0. The van der Waals surface area contributed by atoms with Gasteiger partial charge in [0.25, 0.3) is 5.91 Å². The molecule has 0 unspecified atom stereocenters. The van der Waals surface area contributed by atoms with E-state index >= 15 is 0 Å². The van der Waals surface area contributed by atoms with Crippen LogP contribution in [-0.4, -0.2) is 79.4 Å². The number of aromatic nitrogens is 4. The van der Waals surface area contributed by atoms with Gasteiger partial charge < -0.3 is 29.9 Å². The maximum Gasteiger partial charge on any atom is 0.252 e. The molecule has 2 aromatic carbocycles. The number of rotatable bonds is 6. The number of imide groups is 1. The Labute approximate surface area is 291 Å². The molecule has 0 spiro atoms. The fourth-order valence-corrected chi connectivity index (χ4v) is 8.56. The summed E-state index contributed by atoms with van der Waals surface area (Å²) in [5.41, 5.74) is 10.3. The molecule has 0 bridgehead atoms. The number of ether oxygens (including phenoxy) is 1. The highest BCUT2D eigenvalue weighted by Gasteiger charge is 2.46. The van der Waals surface area contributed by atoms with E-state index in [9.17, 15) is 14.7 Å². The van der Waals surface area contributed by atoms with E-state index in [1.165, 1.54) is 5.56 Å². The predicted octanol–water partition coefficient (Wildman–Crippen LogP) is 5.05. The highest BCUT2D eigenvalue weighted by molar-refractivity contribution is 6.04. The van der Waals surface area contributed by atoms with Gasteiger partial charge in [-0.1, -0.05) is 24.3 Å². The standard InChI is InChI=1S/C38H44N8O4/c1-38(16-13-34(48)41-37(38)49)46-19-20-50-35-27(6-4-7-32(35)46)24-9-11-25(12-10-24)44-17-14-26(15-18-44)45-22-31(40-23-45)29-21-30(42-43-36(29)39)28-5-2-3-8-33(28)47/h2-8,21-26,47H,9-20H2,1H3,(H2,39,43)(H,41,48,49)/t24-,25-,38-/m0/s1. The molecule has 12 nitrogen and oxygen atoms in total. The molecule has 2 amide bonds. The van der Waals surface area contributed by atoms with Crippen molar-refractivity contribution in [2.75, 3.05) is 36.9 Å². The molecule has 1 saturated carbocycles. The summed E-state index contributed by atoms with van der Waals surface area (Å²) >= 11 is 0. The van der Waals surface area contributed by atoms with Crippen LogP contribution in [0.15, 0.2) is 61.1 Å². The van der Waals surface area contributed by atoms with Crippen LogP contribution < -0.4 is 20.7 Å². The molecule has 2 saturated heterocycles. The first-order chi connectivity index (χ1) is 24.3. The molecule has 4 aromatic rings. The van der Waals surface area contributed by atoms with Crippen LogP contribution >= 0.6 is 0 Å². The van der Waals surface area contributed by atoms with Gasteiger partial charge in [0.1, 0.15) is 23.6 Å². The molecule has 3 fully saturated rings. The fraction of sp³-hybridized carbons (Fsp3) is 0.447. The Bertz CT molecular complexity index is 1910. The molecule has 0 radical (unpaired) electrons. The van der Waals surface area contributed by atoms with Crippen molar-refractivity contribution in [3.8, 4) is 34.0 Å². The van der Waals surface area contributed by atoms with Crippen molar-refractivity contribution in [1.82, 2.24) is 30.0 Å². The summed E-state index contributed by atoms with van der Waals surface area (Å²) < 4.78 is 8.52. The van der Waals surface area contributed by atoms with E-state index in [1.807, 2.05) is 25.4 Å². The smallest absolute Gasteiger partial charge is 0.252 e. The van der Waals surface area contributed by atoms with Crippen LogP contribution in [0.2, 0.25) is 0 Å². The molecule has 12 heteroatoms. The lowest BCUT2D eigenvalue weighted by atomic mass is 9.79. The van der Waals surface area contributed by atoms with Crippen molar-refractivity contribution in [2.45, 2.75) is 81.8 Å². The second-order valence-electron chi connectivity index (χ2n) is 14.4. The third-order valence-corrected chi connectivity index (χ3v) is 11.5. The average molecular weight is 677 g/mol. The van der Waals surface area contributed by atoms with Crippen LogP contribution in [0, 0.1) is 0 Å². The Balaban J connectivity index is 0.892. The molecule has 2 aromatic heterocycles. The number of nitrogens with two attached hydrogens (primary N) is 1. The molecular formula is C38H44N8O4. The molecule has 1 aliphatic carbocycles. The lowest BCUT2D eigenvalue weighted by Crippen LogP contribution is -2.63. The van der Waals surface area contributed by atoms with Gasteiger partial charge in [-0.2, -0.15) is 0 Å². The fourth-order valence-electron chi connectivity index (χ4n) is 8.56. The third-order valence-electron chi connectivity index (χ3n) is 11.5. The highest BCUT2D eigenvalue weighted by Crippen LogP contribution is 2.47. The van der Waals surface area contributed by atoms with Gasteiger partial charge in [0.15, 0.2) is 5.82 Å². The van der Waals surface area contributed by atoms with E-state index < -0.39 is 5.54 Å². The number of hydrogen-bond donors (Lipinski definition) is 3. The number of anilines is 2. The number of nitrogens with zero attached hydrogens (tertiary/aromatic N) is 6. The Kier molecular flexibility index (Phi) is 8.42. The van der Waals surface area contributed by atoms with Crippen LogP contribution in [0.5, 0.6) is 11.5 Å². The van der Waals surface area contributed by atoms with E-state index in [-0.39, 0.29) is 17.6 Å². The average Bonchev–Trinajstić information content (AvgIpc) is 3.64. The summed E-state index contributed by atoms with van der Waals surface area (Å²) in [5, 5.41) is 21.2. The highest BCUT2D eigenvalue weighted by atomic mass is 16.5. The molecule has 4 aliphatic rings. The van der Waals surface area contributed by atoms with Gasteiger partial charge in [-0.05, 0) is 87.6 Å². The van der Waals surface area contributed by atoms with Crippen LogP contribution in [0.25, 0.3) is 22.5 Å². The second kappa shape index (κ2) is 13.1. The monoisotopic (exact) mass is 676 g/mol. The Morgan fingerprint density at radius 2 is 1.72 bits per heavy atom. The topological polar surface area (TPSA) is 152 Å². The summed E-state index contributed by atoms with van der Waals surface area (Å²) in [6.07, 6.45) is 11.4. The maximum absolute atomic E-state index is 13.0. The number of phenolic OH excluding ortho intramolecular Hbond substituents is 1. The number of benzene rings is 2. The summed E-state index contributed by atoms with van der Waals surface area (Å²) in [6, 6.07) is 16.2. The Hall–Kier alpha value is -4.97. The lowest BCUT2D eigenvalue weighted by molar-refractivity contribution is -0.137. The van der Waals surface area contributed by atoms with Gasteiger partial charge >= 0.3 is 0 Å². The van der Waals surface area contributed by atoms with Crippen molar-refractivity contribution in [1.29, 1.82) is 0 Å². The Morgan fingerprint density at radius 3 is 2.50 bits per heavy atom. The second-order valence-corrected chi connectivity index (χ2v) is 14.4. The molecular weight excluding hydrogens is 632 g/mol. The number of fused-ring (bicyclic) bond motifs is 1. The first-order valence-corrected chi connectivity index (χ1v) is 17.9. The zero-order valence-electron chi connectivity index (χ0n) is 28.4. The number of amides is 2. The van der Waals surface area contributed by atoms with E-state index in [1.54, 1.807) is 18.2 Å². The van der Waals surface area contributed by atoms with E-state index in [4.69, 9.17) is 15.5 Å². The van der Waals surface area contributed by atoms with Gasteiger partial charge in [0.2, 0.25) is 5.91 Å². The minimum atomic E-state index is -0.770. The number of nitrogens with one attached hydrogen (secondary N) is 1. The summed E-state index contributed by atoms with van der Waals surface area (Å²) in [5.74, 6) is 1.36. The number of carbonyl (C=O) groups is 2. The van der Waals surface area contributed by atoms with Gasteiger partial charge in [0.05, 0.1) is 29.9 Å². The maximum atomic E-state index is 13.0. The minimum Gasteiger partial charge on any atom is -0.507 e. The third kappa shape index (κ3) is 5.85. The lowest BCUT2D eigenvalue weighted by Gasteiger charge is -2.46. The first kappa shape index (κ1) is 32.2.